The molecule has 22 heavy (non-hydrogen) atoms. The van der Waals surface area contributed by atoms with Crippen molar-refractivity contribution in [2.45, 2.75) is 52.3 Å². The third-order valence-corrected chi connectivity index (χ3v) is 2.60. The van der Waals surface area contributed by atoms with E-state index in [1.165, 1.54) is 6.92 Å². The van der Waals surface area contributed by atoms with Crippen LogP contribution in [0.4, 0.5) is 0 Å². The monoisotopic (exact) mass is 318 g/mol. The molecule has 0 saturated carbocycles. The molecule has 9 heteroatoms. The molecule has 0 aromatic carbocycles. The molecule has 0 spiro atoms. The minimum atomic E-state index is -1.26. The molecule has 1 unspecified atom stereocenters. The van der Waals surface area contributed by atoms with Crippen molar-refractivity contribution >= 4 is 23.9 Å². The van der Waals surface area contributed by atoms with Crippen LogP contribution in [0.5, 0.6) is 0 Å². The number of esters is 4. The molecule has 0 N–H and O–H groups in total. The van der Waals surface area contributed by atoms with Gasteiger partial charge in [0, 0.05) is 27.7 Å². The van der Waals surface area contributed by atoms with Gasteiger partial charge in [0.15, 0.2) is 6.10 Å². The maximum Gasteiger partial charge on any atom is 0.305 e. The predicted molar refractivity (Wildman–Crippen MR) is 68.2 cm³/mol. The van der Waals surface area contributed by atoms with Gasteiger partial charge in [-0.25, -0.2) is 0 Å². The lowest BCUT2D eigenvalue weighted by Gasteiger charge is -2.22. The van der Waals surface area contributed by atoms with Gasteiger partial charge in [-0.15, -0.1) is 0 Å². The van der Waals surface area contributed by atoms with Crippen molar-refractivity contribution in [1.82, 2.24) is 0 Å². The maximum absolute atomic E-state index is 11.2. The smallest absolute Gasteiger partial charge is 0.305 e. The van der Waals surface area contributed by atoms with Crippen molar-refractivity contribution in [3.8, 4) is 0 Å². The molecule has 124 valence electrons. The highest BCUT2D eigenvalue weighted by Crippen LogP contribution is 2.28. The lowest BCUT2D eigenvalue weighted by atomic mass is 10.1. The highest BCUT2D eigenvalue weighted by molar-refractivity contribution is 5.68. The van der Waals surface area contributed by atoms with E-state index in [1.807, 2.05) is 0 Å². The van der Waals surface area contributed by atoms with E-state index in [4.69, 9.17) is 23.7 Å². The molecule has 1 fully saturated rings. The van der Waals surface area contributed by atoms with Gasteiger partial charge in [0.1, 0.15) is 12.7 Å². The van der Waals surface area contributed by atoms with E-state index in [0.717, 1.165) is 20.8 Å². The number of hydrogen-bond donors (Lipinski definition) is 0. The summed E-state index contributed by atoms with van der Waals surface area (Å²) in [4.78, 5) is 44.4. The molecule has 4 atom stereocenters. The van der Waals surface area contributed by atoms with Gasteiger partial charge in [0.05, 0.1) is 0 Å². The van der Waals surface area contributed by atoms with Crippen LogP contribution >= 0.6 is 0 Å². The normalized spacial score (nSPS) is 26.9. The predicted octanol–water partition coefficient (Wildman–Crippen LogP) is -0.299. The Bertz CT molecular complexity index is 458. The number of hydrogen-bond acceptors (Lipinski definition) is 9. The summed E-state index contributed by atoms with van der Waals surface area (Å²) in [6, 6.07) is 0. The van der Waals surface area contributed by atoms with E-state index in [0.29, 0.717) is 0 Å². The molecular weight excluding hydrogens is 300 g/mol. The van der Waals surface area contributed by atoms with Crippen LogP contribution in [0.15, 0.2) is 0 Å². The molecule has 0 amide bonds. The Balaban J connectivity index is 2.94. The number of rotatable bonds is 5. The van der Waals surface area contributed by atoms with Crippen LogP contribution in [0.25, 0.3) is 0 Å². The van der Waals surface area contributed by atoms with E-state index < -0.39 is 48.5 Å². The molecular formula is C13H18O9. The van der Waals surface area contributed by atoms with Gasteiger partial charge < -0.3 is 23.7 Å². The van der Waals surface area contributed by atoms with Crippen molar-refractivity contribution in [3.05, 3.63) is 0 Å². The van der Waals surface area contributed by atoms with Gasteiger partial charge >= 0.3 is 23.9 Å². The fourth-order valence-corrected chi connectivity index (χ4v) is 1.93. The van der Waals surface area contributed by atoms with Crippen LogP contribution in [-0.4, -0.2) is 55.1 Å². The highest BCUT2D eigenvalue weighted by atomic mass is 16.8. The molecule has 0 radical (unpaired) electrons. The minimum Gasteiger partial charge on any atom is -0.463 e. The molecule has 1 aliphatic rings. The van der Waals surface area contributed by atoms with Crippen molar-refractivity contribution in [3.63, 3.8) is 0 Å². The van der Waals surface area contributed by atoms with Crippen molar-refractivity contribution in [1.29, 1.82) is 0 Å². The van der Waals surface area contributed by atoms with Crippen molar-refractivity contribution < 1.29 is 42.9 Å². The van der Waals surface area contributed by atoms with Crippen LogP contribution in [-0.2, 0) is 42.9 Å². The highest BCUT2D eigenvalue weighted by Gasteiger charge is 2.51. The molecule has 0 bridgehead atoms. The van der Waals surface area contributed by atoms with Gasteiger partial charge in [-0.05, 0) is 0 Å². The molecule has 9 nitrogen and oxygen atoms in total. The first-order valence-electron chi connectivity index (χ1n) is 6.51. The van der Waals surface area contributed by atoms with Crippen LogP contribution in [0, 0.1) is 0 Å². The summed E-state index contributed by atoms with van der Waals surface area (Å²) in [6.45, 7) is 4.40. The largest absolute Gasteiger partial charge is 0.463 e. The molecule has 0 aromatic rings. The van der Waals surface area contributed by atoms with Crippen LogP contribution in [0.3, 0.4) is 0 Å². The summed E-state index contributed by atoms with van der Waals surface area (Å²) in [7, 11) is 0. The van der Waals surface area contributed by atoms with Crippen LogP contribution in [0.1, 0.15) is 27.7 Å². The molecule has 1 aliphatic heterocycles. The zero-order chi connectivity index (χ0) is 16.9. The lowest BCUT2D eigenvalue weighted by Crippen LogP contribution is -2.42. The summed E-state index contributed by atoms with van der Waals surface area (Å²) in [6.07, 6.45) is -4.40. The first-order valence-corrected chi connectivity index (χ1v) is 6.51. The van der Waals surface area contributed by atoms with Gasteiger partial charge in [-0.3, -0.25) is 19.2 Å². The van der Waals surface area contributed by atoms with E-state index in [-0.39, 0.29) is 6.61 Å². The third kappa shape index (κ3) is 5.32. The van der Waals surface area contributed by atoms with E-state index in [2.05, 4.69) is 0 Å². The van der Waals surface area contributed by atoms with Gasteiger partial charge in [0.2, 0.25) is 12.4 Å². The second-order valence-corrected chi connectivity index (χ2v) is 4.60. The summed E-state index contributed by atoms with van der Waals surface area (Å²) >= 11 is 0. The zero-order valence-electron chi connectivity index (χ0n) is 12.7. The van der Waals surface area contributed by atoms with E-state index in [1.54, 1.807) is 0 Å². The second kappa shape index (κ2) is 7.74. The van der Waals surface area contributed by atoms with Crippen LogP contribution in [0.2, 0.25) is 0 Å². The Morgan fingerprint density at radius 3 is 1.73 bits per heavy atom. The van der Waals surface area contributed by atoms with E-state index in [9.17, 15) is 19.2 Å². The third-order valence-electron chi connectivity index (χ3n) is 2.60. The maximum atomic E-state index is 11.2. The van der Waals surface area contributed by atoms with E-state index >= 15 is 0 Å². The zero-order valence-corrected chi connectivity index (χ0v) is 12.7. The standard InChI is InChI=1S/C13H18O9/c1-6(14)18-5-10-11(19-7(2)15)12(20-8(3)16)13(22-10)21-9(4)17/h10-13H,5H2,1-4H3/t10?,11-,12-,13+/m0/s1. The lowest BCUT2D eigenvalue weighted by molar-refractivity contribution is -0.197. The Morgan fingerprint density at radius 1 is 0.773 bits per heavy atom. The second-order valence-electron chi connectivity index (χ2n) is 4.60. The molecule has 1 saturated heterocycles. The number of carbonyl (C=O) groups excluding carboxylic acids is 4. The molecule has 1 rings (SSSR count). The number of carbonyl (C=O) groups is 4. The van der Waals surface area contributed by atoms with Gasteiger partial charge in [-0.1, -0.05) is 0 Å². The molecule has 0 aromatic heterocycles. The molecule has 0 aliphatic carbocycles. The topological polar surface area (TPSA) is 114 Å². The average molecular weight is 318 g/mol. The Kier molecular flexibility index (Phi) is 6.29. The van der Waals surface area contributed by atoms with Crippen molar-refractivity contribution in [2.75, 3.05) is 6.61 Å². The fraction of sp³-hybridized carbons (Fsp3) is 0.692. The quantitative estimate of drug-likeness (QED) is 0.497. The number of ether oxygens (including phenoxy) is 5. The SMILES string of the molecule is CC(=O)OCC1O[C@@H](OC(C)=O)[C@@H](OC(C)=O)[C@H]1OC(C)=O. The minimum absolute atomic E-state index is 0.247. The molecule has 1 heterocycles. The summed E-state index contributed by atoms with van der Waals surface area (Å²) in [5.41, 5.74) is 0. The van der Waals surface area contributed by atoms with Crippen molar-refractivity contribution in [2.24, 2.45) is 0 Å². The van der Waals surface area contributed by atoms with Crippen LogP contribution < -0.4 is 0 Å². The van der Waals surface area contributed by atoms with Gasteiger partial charge in [0.25, 0.3) is 0 Å². The Morgan fingerprint density at radius 2 is 1.27 bits per heavy atom. The fourth-order valence-electron chi connectivity index (χ4n) is 1.93. The summed E-state index contributed by atoms with van der Waals surface area (Å²) in [5, 5.41) is 0. The average Bonchev–Trinajstić information content (AvgIpc) is 2.63. The Hall–Kier alpha value is -2.16. The first-order chi connectivity index (χ1) is 10.2. The van der Waals surface area contributed by atoms with Gasteiger partial charge in [-0.2, -0.15) is 0 Å². The summed E-state index contributed by atoms with van der Waals surface area (Å²) in [5.74, 6) is -2.56. The first kappa shape index (κ1) is 17.9. The Labute approximate surface area is 126 Å². The summed E-state index contributed by atoms with van der Waals surface area (Å²) < 4.78 is 25.2.